The largest absolute Gasteiger partial charge is 0.455 e. The van der Waals surface area contributed by atoms with Crippen LogP contribution < -0.4 is 5.73 Å². The average Bonchev–Trinajstić information content (AvgIpc) is 2.15. The molecule has 0 saturated carbocycles. The van der Waals surface area contributed by atoms with Gasteiger partial charge in [-0.05, 0) is 26.8 Å². The molecule has 3 N–H and O–H groups in total. The third kappa shape index (κ3) is 2.93. The molecule has 1 rings (SSSR count). The number of hydrogen-bond donors (Lipinski definition) is 2. The van der Waals surface area contributed by atoms with Gasteiger partial charge in [-0.25, -0.2) is 9.78 Å². The first-order valence-electron chi connectivity index (χ1n) is 4.92. The van der Waals surface area contributed by atoms with E-state index in [1.165, 1.54) is 6.20 Å². The normalized spacial score (nSPS) is 11.2. The first-order chi connectivity index (χ1) is 7.35. The summed E-state index contributed by atoms with van der Waals surface area (Å²) in [5, 5.41) is 9.00. The Balaban J connectivity index is 3.01. The van der Waals surface area contributed by atoms with Crippen molar-refractivity contribution in [1.82, 2.24) is 4.98 Å². The van der Waals surface area contributed by atoms with Crippen molar-refractivity contribution in [3.05, 3.63) is 23.5 Å². The second-order valence-corrected chi connectivity index (χ2v) is 4.39. The summed E-state index contributed by atoms with van der Waals surface area (Å²) in [6.45, 7) is 5.05. The Kier molecular flexibility index (Phi) is 3.49. The highest BCUT2D eigenvalue weighted by Gasteiger charge is 2.21. The molecular weight excluding hydrogens is 208 g/mol. The Bertz CT molecular complexity index is 397. The van der Waals surface area contributed by atoms with Gasteiger partial charge in [0.2, 0.25) is 0 Å². The lowest BCUT2D eigenvalue weighted by Crippen LogP contribution is -2.25. The predicted molar refractivity (Wildman–Crippen MR) is 59.7 cm³/mol. The van der Waals surface area contributed by atoms with Crippen LogP contribution in [0.1, 0.15) is 36.8 Å². The zero-order valence-electron chi connectivity index (χ0n) is 9.65. The van der Waals surface area contributed by atoms with Crippen LogP contribution in [0.4, 0.5) is 5.69 Å². The standard InChI is InChI=1S/C11H16N2O3/c1-11(2,3)16-10(15)9-8(12)7(6-14)4-5-13-9/h4-5,14H,6,12H2,1-3H3. The molecule has 5 heteroatoms. The number of ether oxygens (including phenoxy) is 1. The molecule has 0 aliphatic rings. The zero-order valence-corrected chi connectivity index (χ0v) is 9.65. The molecule has 5 nitrogen and oxygen atoms in total. The fourth-order valence-corrected chi connectivity index (χ4v) is 1.14. The van der Waals surface area contributed by atoms with Gasteiger partial charge in [0, 0.05) is 11.8 Å². The summed E-state index contributed by atoms with van der Waals surface area (Å²) in [7, 11) is 0. The maximum Gasteiger partial charge on any atom is 0.359 e. The fraction of sp³-hybridized carbons (Fsp3) is 0.455. The highest BCUT2D eigenvalue weighted by molar-refractivity contribution is 5.93. The van der Waals surface area contributed by atoms with Crippen molar-refractivity contribution in [2.24, 2.45) is 0 Å². The van der Waals surface area contributed by atoms with E-state index in [1.54, 1.807) is 26.8 Å². The minimum Gasteiger partial charge on any atom is -0.455 e. The number of esters is 1. The maximum atomic E-state index is 11.7. The number of aliphatic hydroxyl groups is 1. The molecule has 88 valence electrons. The summed E-state index contributed by atoms with van der Waals surface area (Å²) in [4.78, 5) is 15.6. The molecule has 0 spiro atoms. The van der Waals surface area contributed by atoms with E-state index in [2.05, 4.69) is 4.98 Å². The van der Waals surface area contributed by atoms with Gasteiger partial charge >= 0.3 is 5.97 Å². The van der Waals surface area contributed by atoms with Crippen molar-refractivity contribution in [2.45, 2.75) is 33.0 Å². The smallest absolute Gasteiger partial charge is 0.359 e. The van der Waals surface area contributed by atoms with E-state index in [-0.39, 0.29) is 18.0 Å². The van der Waals surface area contributed by atoms with Crippen LogP contribution in [0.3, 0.4) is 0 Å². The highest BCUT2D eigenvalue weighted by atomic mass is 16.6. The van der Waals surface area contributed by atoms with Gasteiger partial charge < -0.3 is 15.6 Å². The van der Waals surface area contributed by atoms with Crippen molar-refractivity contribution < 1.29 is 14.6 Å². The number of nitrogen functional groups attached to an aromatic ring is 1. The van der Waals surface area contributed by atoms with Crippen molar-refractivity contribution in [3.63, 3.8) is 0 Å². The number of hydrogen-bond acceptors (Lipinski definition) is 5. The number of pyridine rings is 1. The van der Waals surface area contributed by atoms with E-state index in [1.807, 2.05) is 0 Å². The summed E-state index contributed by atoms with van der Waals surface area (Å²) in [5.74, 6) is -0.583. The average molecular weight is 224 g/mol. The van der Waals surface area contributed by atoms with Crippen LogP contribution >= 0.6 is 0 Å². The summed E-state index contributed by atoms with van der Waals surface area (Å²) >= 11 is 0. The number of carbonyl (C=O) groups excluding carboxylic acids is 1. The number of rotatable bonds is 2. The molecule has 0 fully saturated rings. The van der Waals surface area contributed by atoms with Crippen LogP contribution in [-0.2, 0) is 11.3 Å². The second kappa shape index (κ2) is 4.49. The lowest BCUT2D eigenvalue weighted by Gasteiger charge is -2.19. The first kappa shape index (κ1) is 12.4. The van der Waals surface area contributed by atoms with Gasteiger partial charge in [0.05, 0.1) is 12.3 Å². The van der Waals surface area contributed by atoms with Crippen LogP contribution in [0.15, 0.2) is 12.3 Å². The number of anilines is 1. The quantitative estimate of drug-likeness (QED) is 0.735. The van der Waals surface area contributed by atoms with E-state index < -0.39 is 11.6 Å². The Labute approximate surface area is 94.2 Å². The van der Waals surface area contributed by atoms with Gasteiger partial charge in [0.15, 0.2) is 5.69 Å². The lowest BCUT2D eigenvalue weighted by atomic mass is 10.1. The molecule has 1 aromatic rings. The molecule has 16 heavy (non-hydrogen) atoms. The SMILES string of the molecule is CC(C)(C)OC(=O)c1nccc(CO)c1N. The minimum atomic E-state index is -0.597. The molecule has 0 amide bonds. The van der Waals surface area contributed by atoms with Crippen LogP contribution in [0, 0.1) is 0 Å². The third-order valence-corrected chi connectivity index (χ3v) is 1.84. The Hall–Kier alpha value is -1.62. The number of carbonyl (C=O) groups is 1. The Morgan fingerprint density at radius 2 is 2.19 bits per heavy atom. The minimum absolute atomic E-state index is 0.0430. The topological polar surface area (TPSA) is 85.4 Å². The fourth-order valence-electron chi connectivity index (χ4n) is 1.14. The van der Waals surface area contributed by atoms with E-state index in [0.717, 1.165) is 0 Å². The Morgan fingerprint density at radius 3 is 2.69 bits per heavy atom. The number of nitrogens with two attached hydrogens (primary N) is 1. The van der Waals surface area contributed by atoms with Crippen molar-refractivity contribution in [2.75, 3.05) is 5.73 Å². The van der Waals surface area contributed by atoms with Gasteiger partial charge in [0.1, 0.15) is 5.60 Å². The number of aromatic nitrogens is 1. The molecule has 1 heterocycles. The van der Waals surface area contributed by atoms with Gasteiger partial charge in [-0.2, -0.15) is 0 Å². The molecule has 0 bridgehead atoms. The molecule has 0 aromatic carbocycles. The van der Waals surface area contributed by atoms with E-state index in [9.17, 15) is 4.79 Å². The molecule has 0 aliphatic carbocycles. The Morgan fingerprint density at radius 1 is 1.56 bits per heavy atom. The van der Waals surface area contributed by atoms with Gasteiger partial charge in [-0.15, -0.1) is 0 Å². The van der Waals surface area contributed by atoms with Crippen LogP contribution in [-0.4, -0.2) is 21.7 Å². The summed E-state index contributed by atoms with van der Waals surface area (Å²) in [6.07, 6.45) is 1.42. The second-order valence-electron chi connectivity index (χ2n) is 4.39. The van der Waals surface area contributed by atoms with Gasteiger partial charge in [-0.1, -0.05) is 0 Å². The van der Waals surface area contributed by atoms with Crippen molar-refractivity contribution >= 4 is 11.7 Å². The van der Waals surface area contributed by atoms with Crippen molar-refractivity contribution in [3.8, 4) is 0 Å². The molecule has 0 unspecified atom stereocenters. The zero-order chi connectivity index (χ0) is 12.3. The van der Waals surface area contributed by atoms with E-state index in [0.29, 0.717) is 5.56 Å². The van der Waals surface area contributed by atoms with Crippen molar-refractivity contribution in [1.29, 1.82) is 0 Å². The molecule has 0 aliphatic heterocycles. The van der Waals surface area contributed by atoms with Crippen LogP contribution in [0.2, 0.25) is 0 Å². The van der Waals surface area contributed by atoms with Crippen LogP contribution in [0.25, 0.3) is 0 Å². The molecule has 1 aromatic heterocycles. The summed E-state index contributed by atoms with van der Waals surface area (Å²) in [5.41, 5.74) is 5.77. The number of nitrogens with zero attached hydrogens (tertiary/aromatic N) is 1. The maximum absolute atomic E-state index is 11.7. The molecule has 0 saturated heterocycles. The monoisotopic (exact) mass is 224 g/mol. The molecule has 0 radical (unpaired) electrons. The van der Waals surface area contributed by atoms with Crippen LogP contribution in [0.5, 0.6) is 0 Å². The third-order valence-electron chi connectivity index (χ3n) is 1.84. The van der Waals surface area contributed by atoms with E-state index >= 15 is 0 Å². The number of aliphatic hydroxyl groups excluding tert-OH is 1. The van der Waals surface area contributed by atoms with Gasteiger partial charge in [0.25, 0.3) is 0 Å². The molecular formula is C11H16N2O3. The van der Waals surface area contributed by atoms with Gasteiger partial charge in [-0.3, -0.25) is 0 Å². The summed E-state index contributed by atoms with van der Waals surface area (Å²) in [6, 6.07) is 1.56. The lowest BCUT2D eigenvalue weighted by molar-refractivity contribution is 0.00641. The van der Waals surface area contributed by atoms with E-state index in [4.69, 9.17) is 15.6 Å². The first-order valence-corrected chi connectivity index (χ1v) is 4.92. The predicted octanol–water partition coefficient (Wildman–Crippen LogP) is 1.11. The highest BCUT2D eigenvalue weighted by Crippen LogP contribution is 2.18. The molecule has 0 atom stereocenters. The summed E-state index contributed by atoms with van der Waals surface area (Å²) < 4.78 is 5.14.